The standard InChI is InChI=1S/C33H46N4O5/c1-4-28(38)32(23-11-7-6-8-12-23)36-33(40)25-14-9-13-24(17-25)26-15-10-16-37(22-26)31(39)21-34-19-27-20-35-30(41-3)18-29(27)42-5-2/h9,13-14,17-18,20,23,26,32,34H,4-8,10-12,15-16,19,21-22H2,1-3H3,(H,36,40). The normalized spacial score (nSPS) is 18.3. The molecule has 4 rings (SSSR count). The van der Waals surface area contributed by atoms with Crippen molar-refractivity contribution >= 4 is 17.6 Å². The Morgan fingerprint density at radius 3 is 2.62 bits per heavy atom. The van der Waals surface area contributed by atoms with Crippen molar-refractivity contribution in [3.63, 3.8) is 0 Å². The number of benzene rings is 1. The SMILES string of the molecule is CCOc1cc(OC)ncc1CNCC(=O)N1CCCC(c2cccc(C(=O)NC(C(=O)CC)C3CCCCC3)c2)C1. The summed E-state index contributed by atoms with van der Waals surface area (Å²) in [6.45, 7) is 6.30. The van der Waals surface area contributed by atoms with Gasteiger partial charge in [0.05, 0.1) is 26.3 Å². The van der Waals surface area contributed by atoms with Gasteiger partial charge in [0, 0.05) is 55.4 Å². The Labute approximate surface area is 249 Å². The first-order chi connectivity index (χ1) is 20.4. The van der Waals surface area contributed by atoms with E-state index in [0.29, 0.717) is 49.9 Å². The molecular formula is C33H46N4O5. The number of hydrogen-bond donors (Lipinski definition) is 2. The second-order valence-corrected chi connectivity index (χ2v) is 11.3. The second kappa shape index (κ2) is 15.7. The number of likely N-dealkylation sites (tertiary alicyclic amines) is 1. The van der Waals surface area contributed by atoms with Crippen molar-refractivity contribution in [2.24, 2.45) is 5.92 Å². The van der Waals surface area contributed by atoms with Crippen LogP contribution in [-0.2, 0) is 16.1 Å². The number of nitrogens with one attached hydrogen (secondary N) is 2. The Morgan fingerprint density at radius 1 is 1.07 bits per heavy atom. The van der Waals surface area contributed by atoms with Crippen molar-refractivity contribution in [1.82, 2.24) is 20.5 Å². The van der Waals surface area contributed by atoms with Gasteiger partial charge in [0.2, 0.25) is 11.8 Å². The average molecular weight is 579 g/mol. The summed E-state index contributed by atoms with van der Waals surface area (Å²) in [5.41, 5.74) is 2.48. The minimum atomic E-state index is -0.417. The van der Waals surface area contributed by atoms with Crippen molar-refractivity contribution in [3.05, 3.63) is 53.2 Å². The molecule has 1 saturated carbocycles. The molecule has 42 heavy (non-hydrogen) atoms. The van der Waals surface area contributed by atoms with Gasteiger partial charge in [-0.25, -0.2) is 4.98 Å². The minimum Gasteiger partial charge on any atom is -0.493 e. The summed E-state index contributed by atoms with van der Waals surface area (Å²) in [6, 6.07) is 9.03. The van der Waals surface area contributed by atoms with Gasteiger partial charge in [0.15, 0.2) is 5.78 Å². The van der Waals surface area contributed by atoms with Crippen LogP contribution in [0.25, 0.3) is 0 Å². The summed E-state index contributed by atoms with van der Waals surface area (Å²) < 4.78 is 10.9. The van der Waals surface area contributed by atoms with E-state index in [1.165, 1.54) is 6.42 Å². The van der Waals surface area contributed by atoms with E-state index in [0.717, 1.165) is 49.7 Å². The molecule has 9 nitrogen and oxygen atoms in total. The van der Waals surface area contributed by atoms with Crippen LogP contribution in [0, 0.1) is 5.92 Å². The second-order valence-electron chi connectivity index (χ2n) is 11.3. The minimum absolute atomic E-state index is 0.0430. The van der Waals surface area contributed by atoms with Crippen molar-refractivity contribution in [2.75, 3.05) is 33.4 Å². The van der Waals surface area contributed by atoms with Crippen molar-refractivity contribution in [2.45, 2.75) is 83.7 Å². The van der Waals surface area contributed by atoms with Crippen LogP contribution in [-0.4, -0.2) is 66.9 Å². The summed E-state index contributed by atoms with van der Waals surface area (Å²) in [4.78, 5) is 45.3. The van der Waals surface area contributed by atoms with Crippen molar-refractivity contribution in [3.8, 4) is 11.6 Å². The highest BCUT2D eigenvalue weighted by Crippen LogP contribution is 2.29. The predicted molar refractivity (Wildman–Crippen MR) is 162 cm³/mol. The molecule has 0 spiro atoms. The number of aromatic nitrogens is 1. The monoisotopic (exact) mass is 578 g/mol. The molecule has 228 valence electrons. The van der Waals surface area contributed by atoms with Crippen LogP contribution in [0.15, 0.2) is 36.5 Å². The summed E-state index contributed by atoms with van der Waals surface area (Å²) in [5, 5.41) is 6.32. The smallest absolute Gasteiger partial charge is 0.251 e. The molecule has 1 aliphatic heterocycles. The predicted octanol–water partition coefficient (Wildman–Crippen LogP) is 4.64. The number of ketones is 1. The third kappa shape index (κ3) is 8.31. The number of amides is 2. The fourth-order valence-electron chi connectivity index (χ4n) is 6.18. The molecule has 9 heteroatoms. The Kier molecular flexibility index (Phi) is 11.7. The molecule has 1 aromatic carbocycles. The molecule has 1 saturated heterocycles. The lowest BCUT2D eigenvalue weighted by atomic mass is 9.81. The van der Waals surface area contributed by atoms with Gasteiger partial charge in [-0.2, -0.15) is 0 Å². The van der Waals surface area contributed by atoms with Crippen LogP contribution in [0.5, 0.6) is 11.6 Å². The Morgan fingerprint density at radius 2 is 1.88 bits per heavy atom. The van der Waals surface area contributed by atoms with Gasteiger partial charge >= 0.3 is 0 Å². The maximum Gasteiger partial charge on any atom is 0.251 e. The lowest BCUT2D eigenvalue weighted by Gasteiger charge is -2.33. The molecule has 0 radical (unpaired) electrons. The fourth-order valence-corrected chi connectivity index (χ4v) is 6.18. The largest absolute Gasteiger partial charge is 0.493 e. The van der Waals surface area contributed by atoms with Crippen molar-refractivity contribution < 1.29 is 23.9 Å². The maximum atomic E-state index is 13.3. The van der Waals surface area contributed by atoms with E-state index in [1.54, 1.807) is 19.4 Å². The molecule has 2 atom stereocenters. The molecule has 2 amide bonds. The molecule has 2 heterocycles. The first kappa shape index (κ1) is 31.5. The number of nitrogens with zero attached hydrogens (tertiary/aromatic N) is 2. The van der Waals surface area contributed by atoms with Gasteiger partial charge in [-0.1, -0.05) is 38.3 Å². The van der Waals surface area contributed by atoms with Crippen LogP contribution in [0.2, 0.25) is 0 Å². The van der Waals surface area contributed by atoms with Crippen LogP contribution in [0.3, 0.4) is 0 Å². The van der Waals surface area contributed by atoms with Gasteiger partial charge in [-0.15, -0.1) is 0 Å². The molecule has 2 fully saturated rings. The topological polar surface area (TPSA) is 110 Å². The summed E-state index contributed by atoms with van der Waals surface area (Å²) in [7, 11) is 1.56. The van der Waals surface area contributed by atoms with E-state index in [2.05, 4.69) is 15.6 Å². The zero-order chi connectivity index (χ0) is 29.9. The molecule has 1 aliphatic carbocycles. The lowest BCUT2D eigenvalue weighted by Crippen LogP contribution is -2.46. The molecule has 1 aromatic heterocycles. The van der Waals surface area contributed by atoms with E-state index in [4.69, 9.17) is 9.47 Å². The lowest BCUT2D eigenvalue weighted by molar-refractivity contribution is -0.131. The van der Waals surface area contributed by atoms with Gasteiger partial charge in [0.1, 0.15) is 5.75 Å². The molecule has 2 aliphatic rings. The molecule has 0 bridgehead atoms. The number of rotatable bonds is 13. The summed E-state index contributed by atoms with van der Waals surface area (Å²) in [5.74, 6) is 1.50. The Balaban J connectivity index is 1.34. The highest BCUT2D eigenvalue weighted by Gasteiger charge is 2.30. The first-order valence-corrected chi connectivity index (χ1v) is 15.5. The number of methoxy groups -OCH3 is 1. The van der Waals surface area contributed by atoms with E-state index >= 15 is 0 Å². The number of carbonyl (C=O) groups is 3. The van der Waals surface area contributed by atoms with Gasteiger partial charge < -0.3 is 25.0 Å². The number of pyridine rings is 1. The quantitative estimate of drug-likeness (QED) is 0.356. The molecule has 2 aromatic rings. The van der Waals surface area contributed by atoms with Crippen LogP contribution < -0.4 is 20.1 Å². The highest BCUT2D eigenvalue weighted by atomic mass is 16.5. The number of piperidine rings is 1. The Hall–Kier alpha value is -3.46. The fraction of sp³-hybridized carbons (Fsp3) is 0.576. The molecular weight excluding hydrogens is 532 g/mol. The molecule has 2 unspecified atom stereocenters. The first-order valence-electron chi connectivity index (χ1n) is 15.5. The number of hydrogen-bond acceptors (Lipinski definition) is 7. The maximum absolute atomic E-state index is 13.3. The third-order valence-corrected chi connectivity index (χ3v) is 8.52. The zero-order valence-corrected chi connectivity index (χ0v) is 25.3. The third-order valence-electron chi connectivity index (χ3n) is 8.52. The van der Waals surface area contributed by atoms with E-state index in [-0.39, 0.29) is 36.0 Å². The zero-order valence-electron chi connectivity index (χ0n) is 25.3. The number of ether oxygens (including phenoxy) is 2. The summed E-state index contributed by atoms with van der Waals surface area (Å²) >= 11 is 0. The highest BCUT2D eigenvalue weighted by molar-refractivity contribution is 5.98. The molecule has 2 N–H and O–H groups in total. The van der Waals surface area contributed by atoms with E-state index in [9.17, 15) is 14.4 Å². The van der Waals surface area contributed by atoms with E-state index in [1.807, 2.05) is 43.0 Å². The Bertz CT molecular complexity index is 1210. The van der Waals surface area contributed by atoms with E-state index < -0.39 is 6.04 Å². The number of carbonyl (C=O) groups excluding carboxylic acids is 3. The van der Waals surface area contributed by atoms with Crippen LogP contribution in [0.4, 0.5) is 0 Å². The van der Waals surface area contributed by atoms with Crippen LogP contribution in [0.1, 0.15) is 92.6 Å². The van der Waals surface area contributed by atoms with Crippen molar-refractivity contribution in [1.29, 1.82) is 0 Å². The average Bonchev–Trinajstić information content (AvgIpc) is 3.04. The summed E-state index contributed by atoms with van der Waals surface area (Å²) in [6.07, 6.45) is 9.39. The van der Waals surface area contributed by atoms with Gasteiger partial charge in [-0.3, -0.25) is 14.4 Å². The number of Topliss-reactive ketones (excluding diaryl/α,β-unsaturated/α-hetero) is 1. The van der Waals surface area contributed by atoms with Crippen LogP contribution >= 0.6 is 0 Å². The van der Waals surface area contributed by atoms with Gasteiger partial charge in [0.25, 0.3) is 5.91 Å². The van der Waals surface area contributed by atoms with Gasteiger partial charge in [-0.05, 0) is 56.2 Å².